The van der Waals surface area contributed by atoms with Gasteiger partial charge in [0, 0.05) is 12.5 Å². The molecule has 0 spiro atoms. The summed E-state index contributed by atoms with van der Waals surface area (Å²) in [4.78, 5) is 0. The Bertz CT molecular complexity index is 188. The first-order valence-electron chi connectivity index (χ1n) is 5.07. The van der Waals surface area contributed by atoms with E-state index in [-0.39, 0.29) is 0 Å². The van der Waals surface area contributed by atoms with E-state index < -0.39 is 0 Å². The molecule has 12 heavy (non-hydrogen) atoms. The minimum atomic E-state index is 0.834. The molecule has 0 aromatic rings. The van der Waals surface area contributed by atoms with Crippen molar-refractivity contribution in [2.24, 2.45) is 11.8 Å². The van der Waals surface area contributed by atoms with Gasteiger partial charge in [-0.3, -0.25) is 0 Å². The van der Waals surface area contributed by atoms with Crippen molar-refractivity contribution >= 4 is 0 Å². The summed E-state index contributed by atoms with van der Waals surface area (Å²) in [6.45, 7) is 1.22. The normalized spacial score (nSPS) is 33.9. The Balaban J connectivity index is 1.63. The quantitative estimate of drug-likeness (QED) is 0.623. The summed E-state index contributed by atoms with van der Waals surface area (Å²) in [6, 6.07) is 0.858. The first-order chi connectivity index (χ1) is 5.90. The van der Waals surface area contributed by atoms with E-state index in [2.05, 4.69) is 11.2 Å². The minimum Gasteiger partial charge on any atom is -0.314 e. The topological polar surface area (TPSA) is 12.0 Å². The second-order valence-corrected chi connectivity index (χ2v) is 4.19. The fraction of sp³-hybridized carbons (Fsp3) is 0.818. The van der Waals surface area contributed by atoms with Crippen molar-refractivity contribution in [2.45, 2.75) is 38.1 Å². The Morgan fingerprint density at radius 2 is 1.92 bits per heavy atom. The summed E-state index contributed by atoms with van der Waals surface area (Å²) in [5.74, 6) is 4.50. The van der Waals surface area contributed by atoms with Crippen molar-refractivity contribution in [3.05, 3.63) is 0 Å². The maximum Gasteiger partial charge on any atom is 0.0117 e. The molecule has 0 amide bonds. The van der Waals surface area contributed by atoms with E-state index in [1.165, 1.54) is 32.2 Å². The van der Waals surface area contributed by atoms with Crippen LogP contribution in [-0.4, -0.2) is 12.6 Å². The van der Waals surface area contributed by atoms with E-state index in [1.54, 1.807) is 0 Å². The highest BCUT2D eigenvalue weighted by Gasteiger charge is 2.31. The van der Waals surface area contributed by atoms with Crippen LogP contribution in [0.3, 0.4) is 0 Å². The van der Waals surface area contributed by atoms with Crippen LogP contribution >= 0.6 is 0 Å². The fourth-order valence-electron chi connectivity index (χ4n) is 1.93. The number of nitrogens with one attached hydrogen (secondary N) is 1. The zero-order valence-electron chi connectivity index (χ0n) is 7.55. The average molecular weight is 163 g/mol. The van der Waals surface area contributed by atoms with Crippen LogP contribution in [-0.2, 0) is 0 Å². The third-order valence-corrected chi connectivity index (χ3v) is 3.20. The van der Waals surface area contributed by atoms with E-state index >= 15 is 0 Å². The highest BCUT2D eigenvalue weighted by Crippen LogP contribution is 2.36. The number of hydrogen-bond donors (Lipinski definition) is 1. The number of rotatable bonds is 4. The van der Waals surface area contributed by atoms with Gasteiger partial charge in [-0.1, -0.05) is 0 Å². The van der Waals surface area contributed by atoms with Gasteiger partial charge >= 0.3 is 0 Å². The van der Waals surface area contributed by atoms with Gasteiger partial charge in [0.15, 0.2) is 0 Å². The second-order valence-electron chi connectivity index (χ2n) is 4.19. The molecule has 1 N–H and O–H groups in total. The summed E-state index contributed by atoms with van der Waals surface area (Å²) >= 11 is 0. The van der Waals surface area contributed by atoms with Gasteiger partial charge in [-0.15, -0.1) is 12.3 Å². The maximum absolute atomic E-state index is 5.30. The van der Waals surface area contributed by atoms with Crippen LogP contribution in [0.15, 0.2) is 0 Å². The van der Waals surface area contributed by atoms with Crippen molar-refractivity contribution in [3.8, 4) is 12.3 Å². The minimum absolute atomic E-state index is 0.834. The van der Waals surface area contributed by atoms with E-state index in [4.69, 9.17) is 6.42 Å². The van der Waals surface area contributed by atoms with Gasteiger partial charge < -0.3 is 5.32 Å². The Kier molecular flexibility index (Phi) is 2.37. The van der Waals surface area contributed by atoms with E-state index in [0.717, 1.165) is 24.3 Å². The predicted octanol–water partition coefficient (Wildman–Crippen LogP) is 1.79. The molecule has 0 aromatic heterocycles. The van der Waals surface area contributed by atoms with Gasteiger partial charge in [0.05, 0.1) is 0 Å². The lowest BCUT2D eigenvalue weighted by atomic mass is 9.72. The molecule has 1 nitrogen and oxygen atoms in total. The molecule has 0 heterocycles. The summed E-state index contributed by atoms with van der Waals surface area (Å²) in [6.07, 6.45) is 11.8. The summed E-state index contributed by atoms with van der Waals surface area (Å²) in [5.41, 5.74) is 0. The van der Waals surface area contributed by atoms with E-state index in [1.807, 2.05) is 0 Å². The zero-order valence-corrected chi connectivity index (χ0v) is 7.55. The van der Waals surface area contributed by atoms with Crippen LogP contribution in [0.2, 0.25) is 0 Å². The standard InChI is InChI=1S/C11H17N/c1-2-3-9-4-5-10(9)8-12-11-6-7-11/h1,9-12H,3-8H2. The second kappa shape index (κ2) is 3.49. The Morgan fingerprint density at radius 1 is 1.17 bits per heavy atom. The molecular weight excluding hydrogens is 146 g/mol. The predicted molar refractivity (Wildman–Crippen MR) is 50.7 cm³/mol. The molecule has 2 atom stereocenters. The number of hydrogen-bond acceptors (Lipinski definition) is 1. The van der Waals surface area contributed by atoms with Crippen LogP contribution in [0.25, 0.3) is 0 Å². The molecule has 2 rings (SSSR count). The Hall–Kier alpha value is -0.480. The molecule has 1 heteroatoms. The third kappa shape index (κ3) is 1.81. The molecule has 0 aromatic carbocycles. The zero-order chi connectivity index (χ0) is 8.39. The van der Waals surface area contributed by atoms with Gasteiger partial charge in [0.1, 0.15) is 0 Å². The molecule has 0 radical (unpaired) electrons. The van der Waals surface area contributed by atoms with Crippen LogP contribution in [0, 0.1) is 24.2 Å². The van der Waals surface area contributed by atoms with Crippen LogP contribution in [0.4, 0.5) is 0 Å². The molecule has 2 aliphatic carbocycles. The molecule has 2 unspecified atom stereocenters. The number of terminal acetylenes is 1. The van der Waals surface area contributed by atoms with E-state index in [9.17, 15) is 0 Å². The lowest BCUT2D eigenvalue weighted by Crippen LogP contribution is -2.35. The SMILES string of the molecule is C#CCC1CCC1CNC1CC1. The Labute approximate surface area is 74.9 Å². The smallest absolute Gasteiger partial charge is 0.0117 e. The van der Waals surface area contributed by atoms with Crippen LogP contribution in [0.5, 0.6) is 0 Å². The van der Waals surface area contributed by atoms with Crippen molar-refractivity contribution < 1.29 is 0 Å². The van der Waals surface area contributed by atoms with Crippen LogP contribution < -0.4 is 5.32 Å². The van der Waals surface area contributed by atoms with Gasteiger partial charge in [-0.2, -0.15) is 0 Å². The monoisotopic (exact) mass is 163 g/mol. The first-order valence-corrected chi connectivity index (χ1v) is 5.07. The Morgan fingerprint density at radius 3 is 2.42 bits per heavy atom. The van der Waals surface area contributed by atoms with Crippen molar-refractivity contribution in [2.75, 3.05) is 6.54 Å². The molecule has 66 valence electrons. The highest BCUT2D eigenvalue weighted by molar-refractivity contribution is 4.94. The summed E-state index contributed by atoms with van der Waals surface area (Å²) < 4.78 is 0. The van der Waals surface area contributed by atoms with Crippen molar-refractivity contribution in [1.82, 2.24) is 5.32 Å². The molecule has 0 saturated heterocycles. The molecule has 0 aliphatic heterocycles. The maximum atomic E-state index is 5.30. The van der Waals surface area contributed by atoms with Gasteiger partial charge in [0.2, 0.25) is 0 Å². The summed E-state index contributed by atoms with van der Waals surface area (Å²) in [5, 5.41) is 3.58. The molecule has 2 aliphatic rings. The molecule has 2 fully saturated rings. The molecule has 0 bridgehead atoms. The molecule has 2 saturated carbocycles. The van der Waals surface area contributed by atoms with E-state index in [0.29, 0.717) is 0 Å². The average Bonchev–Trinajstić information content (AvgIpc) is 2.82. The van der Waals surface area contributed by atoms with Crippen molar-refractivity contribution in [3.63, 3.8) is 0 Å². The van der Waals surface area contributed by atoms with Crippen LogP contribution in [0.1, 0.15) is 32.1 Å². The van der Waals surface area contributed by atoms with Crippen molar-refractivity contribution in [1.29, 1.82) is 0 Å². The van der Waals surface area contributed by atoms with Gasteiger partial charge in [-0.05, 0) is 44.1 Å². The largest absolute Gasteiger partial charge is 0.314 e. The first kappa shape index (κ1) is 8.13. The van der Waals surface area contributed by atoms with Gasteiger partial charge in [0.25, 0.3) is 0 Å². The lowest BCUT2D eigenvalue weighted by molar-refractivity contribution is 0.176. The third-order valence-electron chi connectivity index (χ3n) is 3.20. The summed E-state index contributed by atoms with van der Waals surface area (Å²) in [7, 11) is 0. The fourth-order valence-corrected chi connectivity index (χ4v) is 1.93. The lowest BCUT2D eigenvalue weighted by Gasteiger charge is -2.35. The molecular formula is C11H17N. The van der Waals surface area contributed by atoms with Gasteiger partial charge in [-0.25, -0.2) is 0 Å². The highest BCUT2D eigenvalue weighted by atomic mass is 14.9.